The zero-order chi connectivity index (χ0) is 11.3. The molecule has 1 nitrogen and oxygen atoms in total. The van der Waals surface area contributed by atoms with Crippen LogP contribution in [0.3, 0.4) is 0 Å². The Morgan fingerprint density at radius 2 is 1.47 bits per heavy atom. The SMILES string of the molecule is CC1CCCC1.Cc1cc(C)cc(O)c1. The van der Waals surface area contributed by atoms with Crippen LogP contribution in [0, 0.1) is 19.8 Å². The van der Waals surface area contributed by atoms with Crippen molar-refractivity contribution in [2.24, 2.45) is 5.92 Å². The highest BCUT2D eigenvalue weighted by Crippen LogP contribution is 2.22. The van der Waals surface area contributed by atoms with Crippen LogP contribution in [0.5, 0.6) is 5.75 Å². The molecule has 0 bridgehead atoms. The number of benzene rings is 1. The molecular formula is C14H22O. The smallest absolute Gasteiger partial charge is 0.116 e. The first-order chi connectivity index (χ1) is 7.08. The van der Waals surface area contributed by atoms with Crippen molar-refractivity contribution in [3.8, 4) is 5.75 Å². The van der Waals surface area contributed by atoms with E-state index >= 15 is 0 Å². The molecule has 84 valence electrons. The average molecular weight is 206 g/mol. The number of phenols is 1. The molecule has 0 saturated heterocycles. The first-order valence-electron chi connectivity index (χ1n) is 5.85. The summed E-state index contributed by atoms with van der Waals surface area (Å²) in [6.45, 7) is 6.27. The maximum atomic E-state index is 8.99. The van der Waals surface area contributed by atoms with Gasteiger partial charge in [0.15, 0.2) is 0 Å². The van der Waals surface area contributed by atoms with Gasteiger partial charge in [-0.1, -0.05) is 38.7 Å². The molecule has 1 saturated carbocycles. The van der Waals surface area contributed by atoms with Gasteiger partial charge in [-0.15, -0.1) is 0 Å². The molecule has 0 atom stereocenters. The van der Waals surface area contributed by atoms with Crippen molar-refractivity contribution < 1.29 is 5.11 Å². The third kappa shape index (κ3) is 4.87. The van der Waals surface area contributed by atoms with Crippen molar-refractivity contribution in [1.29, 1.82) is 0 Å². The zero-order valence-electron chi connectivity index (χ0n) is 10.1. The summed E-state index contributed by atoms with van der Waals surface area (Å²) in [6.07, 6.45) is 5.95. The van der Waals surface area contributed by atoms with Gasteiger partial charge in [0.05, 0.1) is 0 Å². The summed E-state index contributed by atoms with van der Waals surface area (Å²) in [5.41, 5.74) is 2.21. The maximum Gasteiger partial charge on any atom is 0.116 e. The van der Waals surface area contributed by atoms with Crippen molar-refractivity contribution in [2.45, 2.75) is 46.5 Å². The predicted molar refractivity (Wildman–Crippen MR) is 65.2 cm³/mol. The van der Waals surface area contributed by atoms with Crippen LogP contribution in [-0.2, 0) is 0 Å². The topological polar surface area (TPSA) is 20.2 Å². The van der Waals surface area contributed by atoms with Crippen molar-refractivity contribution in [2.75, 3.05) is 0 Å². The standard InChI is InChI=1S/C8H10O.C6H12/c1-6-3-7(2)5-8(9)4-6;1-6-4-2-3-5-6/h3-5,9H,1-2H3;6H,2-5H2,1H3. The van der Waals surface area contributed by atoms with Crippen molar-refractivity contribution in [3.63, 3.8) is 0 Å². The third-order valence-corrected chi connectivity index (χ3v) is 2.85. The number of hydrogen-bond acceptors (Lipinski definition) is 1. The van der Waals surface area contributed by atoms with E-state index < -0.39 is 0 Å². The summed E-state index contributed by atoms with van der Waals surface area (Å²) in [5.74, 6) is 1.40. The lowest BCUT2D eigenvalue weighted by Crippen LogP contribution is -1.78. The summed E-state index contributed by atoms with van der Waals surface area (Å²) < 4.78 is 0. The molecule has 1 aromatic carbocycles. The van der Waals surface area contributed by atoms with Crippen molar-refractivity contribution >= 4 is 0 Å². The molecule has 0 spiro atoms. The minimum absolute atomic E-state index is 0.354. The van der Waals surface area contributed by atoms with Gasteiger partial charge in [0, 0.05) is 0 Å². The van der Waals surface area contributed by atoms with Crippen molar-refractivity contribution in [3.05, 3.63) is 29.3 Å². The van der Waals surface area contributed by atoms with Gasteiger partial charge in [0.2, 0.25) is 0 Å². The lowest BCUT2D eigenvalue weighted by atomic mass is 10.1. The van der Waals surface area contributed by atoms with Gasteiger partial charge in [0.25, 0.3) is 0 Å². The largest absolute Gasteiger partial charge is 0.508 e. The van der Waals surface area contributed by atoms with E-state index in [2.05, 4.69) is 6.92 Å². The van der Waals surface area contributed by atoms with Crippen LogP contribution in [0.25, 0.3) is 0 Å². The second-order valence-corrected chi connectivity index (χ2v) is 4.74. The van der Waals surface area contributed by atoms with Crippen LogP contribution in [-0.4, -0.2) is 5.11 Å². The van der Waals surface area contributed by atoms with E-state index in [-0.39, 0.29) is 0 Å². The van der Waals surface area contributed by atoms with E-state index in [0.29, 0.717) is 5.75 Å². The molecule has 1 N–H and O–H groups in total. The van der Waals surface area contributed by atoms with E-state index in [9.17, 15) is 0 Å². The van der Waals surface area contributed by atoms with Gasteiger partial charge >= 0.3 is 0 Å². The van der Waals surface area contributed by atoms with Gasteiger partial charge in [-0.25, -0.2) is 0 Å². The fourth-order valence-electron chi connectivity index (χ4n) is 2.08. The minimum Gasteiger partial charge on any atom is -0.508 e. The predicted octanol–water partition coefficient (Wildman–Crippen LogP) is 4.21. The Morgan fingerprint density at radius 3 is 1.73 bits per heavy atom. The van der Waals surface area contributed by atoms with Crippen LogP contribution < -0.4 is 0 Å². The number of aryl methyl sites for hydroxylation is 2. The van der Waals surface area contributed by atoms with E-state index in [1.807, 2.05) is 19.9 Å². The molecule has 0 unspecified atom stereocenters. The lowest BCUT2D eigenvalue weighted by molar-refractivity contribution is 0.474. The molecule has 2 rings (SSSR count). The van der Waals surface area contributed by atoms with Crippen molar-refractivity contribution in [1.82, 2.24) is 0 Å². The Balaban J connectivity index is 0.000000162. The Morgan fingerprint density at radius 1 is 1.00 bits per heavy atom. The van der Waals surface area contributed by atoms with Gasteiger partial charge in [-0.2, -0.15) is 0 Å². The summed E-state index contributed by atoms with van der Waals surface area (Å²) in [6, 6.07) is 5.51. The molecular weight excluding hydrogens is 184 g/mol. The van der Waals surface area contributed by atoms with Crippen LogP contribution in [0.15, 0.2) is 18.2 Å². The molecule has 1 aromatic rings. The van der Waals surface area contributed by atoms with Crippen LogP contribution >= 0.6 is 0 Å². The summed E-state index contributed by atoms with van der Waals surface area (Å²) >= 11 is 0. The van der Waals surface area contributed by atoms with Crippen LogP contribution in [0.2, 0.25) is 0 Å². The molecule has 15 heavy (non-hydrogen) atoms. The second kappa shape index (κ2) is 5.79. The Kier molecular flexibility index (Phi) is 4.67. The molecule has 0 heterocycles. The molecule has 1 fully saturated rings. The fourth-order valence-corrected chi connectivity index (χ4v) is 2.08. The number of aromatic hydroxyl groups is 1. The van der Waals surface area contributed by atoms with E-state index in [1.54, 1.807) is 12.1 Å². The zero-order valence-corrected chi connectivity index (χ0v) is 10.1. The molecule has 1 aliphatic carbocycles. The second-order valence-electron chi connectivity index (χ2n) is 4.74. The van der Waals surface area contributed by atoms with E-state index in [1.165, 1.54) is 25.7 Å². The summed E-state index contributed by atoms with van der Waals surface area (Å²) in [5, 5.41) is 8.99. The normalized spacial score (nSPS) is 15.9. The summed E-state index contributed by atoms with van der Waals surface area (Å²) in [7, 11) is 0. The van der Waals surface area contributed by atoms with E-state index in [4.69, 9.17) is 5.11 Å². The highest BCUT2D eigenvalue weighted by Gasteiger charge is 2.07. The Labute approximate surface area is 93.1 Å². The van der Waals surface area contributed by atoms with Gasteiger partial charge < -0.3 is 5.11 Å². The van der Waals surface area contributed by atoms with Crippen LogP contribution in [0.1, 0.15) is 43.7 Å². The maximum absolute atomic E-state index is 8.99. The van der Waals surface area contributed by atoms with Gasteiger partial charge in [0.1, 0.15) is 5.75 Å². The Bertz CT molecular complexity index is 248. The first-order valence-corrected chi connectivity index (χ1v) is 5.85. The highest BCUT2D eigenvalue weighted by atomic mass is 16.3. The molecule has 0 aliphatic heterocycles. The highest BCUT2D eigenvalue weighted by molar-refractivity contribution is 5.31. The monoisotopic (exact) mass is 206 g/mol. The average Bonchev–Trinajstić information content (AvgIpc) is 2.54. The molecule has 0 aromatic heterocycles. The van der Waals surface area contributed by atoms with Crippen LogP contribution in [0.4, 0.5) is 0 Å². The molecule has 0 radical (unpaired) electrons. The molecule has 0 amide bonds. The van der Waals surface area contributed by atoms with E-state index in [0.717, 1.165) is 17.0 Å². The number of hydrogen-bond donors (Lipinski definition) is 1. The quantitative estimate of drug-likeness (QED) is 0.674. The number of rotatable bonds is 0. The number of phenolic OH excluding ortho intramolecular Hbond substituents is 1. The van der Waals surface area contributed by atoms with Gasteiger partial charge in [-0.3, -0.25) is 0 Å². The molecule has 1 aliphatic rings. The Hall–Kier alpha value is -0.980. The summed E-state index contributed by atoms with van der Waals surface area (Å²) in [4.78, 5) is 0. The third-order valence-electron chi connectivity index (χ3n) is 2.85. The lowest BCUT2D eigenvalue weighted by Gasteiger charge is -1.95. The first kappa shape index (κ1) is 12.1. The molecule has 1 heteroatoms. The fraction of sp³-hybridized carbons (Fsp3) is 0.571. The minimum atomic E-state index is 0.354. The van der Waals surface area contributed by atoms with Gasteiger partial charge in [-0.05, 0) is 43.0 Å².